The second kappa shape index (κ2) is 7.39. The fraction of sp³-hybridized carbons (Fsp3) is 0.950. The Labute approximate surface area is 144 Å². The van der Waals surface area contributed by atoms with Crippen LogP contribution in [-0.2, 0) is 9.22 Å². The van der Waals surface area contributed by atoms with Gasteiger partial charge in [-0.15, -0.1) is 0 Å². The van der Waals surface area contributed by atoms with E-state index in [1.165, 1.54) is 51.4 Å². The number of hydrogen-bond acceptors (Lipinski definition) is 2. The zero-order valence-electron chi connectivity index (χ0n) is 16.2. The molecule has 0 radical (unpaired) electrons. The average molecular weight is 339 g/mol. The molecular weight excluding hydrogens is 300 g/mol. The fourth-order valence-electron chi connectivity index (χ4n) is 5.08. The molecule has 2 rings (SSSR count). The highest BCUT2D eigenvalue weighted by Crippen LogP contribution is 2.51. The van der Waals surface area contributed by atoms with Gasteiger partial charge in [0.1, 0.15) is 5.78 Å². The highest BCUT2D eigenvalue weighted by molar-refractivity contribution is 6.69. The molecule has 0 N–H and O–H groups in total. The Morgan fingerprint density at radius 3 is 2.61 bits per heavy atom. The average Bonchev–Trinajstić information content (AvgIpc) is 2.74. The van der Waals surface area contributed by atoms with Gasteiger partial charge in [0.2, 0.25) is 0 Å². The van der Waals surface area contributed by atoms with E-state index in [2.05, 4.69) is 33.5 Å². The van der Waals surface area contributed by atoms with Crippen molar-refractivity contribution in [3.8, 4) is 0 Å². The van der Waals surface area contributed by atoms with Gasteiger partial charge in [-0.1, -0.05) is 19.3 Å². The first kappa shape index (κ1) is 19.2. The summed E-state index contributed by atoms with van der Waals surface area (Å²) in [6, 6.07) is 0. The summed E-state index contributed by atoms with van der Waals surface area (Å²) in [5, 5.41) is 0. The van der Waals surface area contributed by atoms with Gasteiger partial charge >= 0.3 is 0 Å². The first-order valence-electron chi connectivity index (χ1n) is 9.81. The Morgan fingerprint density at radius 1 is 1.22 bits per heavy atom. The number of carbonyl (C=O) groups is 1. The molecule has 2 aliphatic rings. The van der Waals surface area contributed by atoms with Crippen LogP contribution in [0.3, 0.4) is 0 Å². The first-order chi connectivity index (χ1) is 10.6. The fourth-order valence-corrected chi connectivity index (χ4v) is 6.84. The molecule has 0 aromatic heterocycles. The SMILES string of the molecule is CC(C)(CCCCC1CCC2(CCCC(=O)C2)C1)O[Si](C)(C)C. The van der Waals surface area contributed by atoms with E-state index in [0.717, 1.165) is 25.2 Å². The zero-order chi connectivity index (χ0) is 17.1. The second-order valence-corrected chi connectivity index (χ2v) is 14.3. The van der Waals surface area contributed by atoms with E-state index in [4.69, 9.17) is 4.43 Å². The van der Waals surface area contributed by atoms with E-state index in [1.54, 1.807) is 0 Å². The lowest BCUT2D eigenvalue weighted by Crippen LogP contribution is -2.38. The number of ketones is 1. The molecule has 2 aliphatic carbocycles. The molecule has 0 amide bonds. The molecule has 0 aromatic carbocycles. The lowest BCUT2D eigenvalue weighted by molar-refractivity contribution is -0.123. The Hall–Kier alpha value is -0.153. The molecule has 0 bridgehead atoms. The number of carbonyl (C=O) groups excluding carboxylic acids is 1. The second-order valence-electron chi connectivity index (χ2n) is 9.90. The van der Waals surface area contributed by atoms with E-state index in [-0.39, 0.29) is 5.60 Å². The van der Waals surface area contributed by atoms with Crippen LogP contribution in [0.15, 0.2) is 0 Å². The van der Waals surface area contributed by atoms with Crippen LogP contribution >= 0.6 is 0 Å². The van der Waals surface area contributed by atoms with Crippen molar-refractivity contribution in [2.45, 2.75) is 110 Å². The molecule has 2 atom stereocenters. The minimum absolute atomic E-state index is 0.0388. The highest BCUT2D eigenvalue weighted by Gasteiger charge is 2.41. The van der Waals surface area contributed by atoms with Gasteiger partial charge in [0.05, 0.1) is 5.60 Å². The lowest BCUT2D eigenvalue weighted by Gasteiger charge is -2.33. The minimum atomic E-state index is -1.44. The van der Waals surface area contributed by atoms with Crippen LogP contribution in [-0.4, -0.2) is 19.7 Å². The lowest BCUT2D eigenvalue weighted by atomic mass is 9.72. The Kier molecular flexibility index (Phi) is 6.16. The number of rotatable bonds is 7. The van der Waals surface area contributed by atoms with E-state index in [9.17, 15) is 4.79 Å². The largest absolute Gasteiger partial charge is 0.413 e. The van der Waals surface area contributed by atoms with Crippen LogP contribution in [0.25, 0.3) is 0 Å². The quantitative estimate of drug-likeness (QED) is 0.414. The van der Waals surface area contributed by atoms with Crippen LogP contribution in [0.1, 0.15) is 84.5 Å². The van der Waals surface area contributed by atoms with E-state index < -0.39 is 8.32 Å². The topological polar surface area (TPSA) is 26.3 Å². The summed E-state index contributed by atoms with van der Waals surface area (Å²) in [6.45, 7) is 11.3. The summed E-state index contributed by atoms with van der Waals surface area (Å²) in [5.74, 6) is 1.41. The summed E-state index contributed by atoms with van der Waals surface area (Å²) in [5.41, 5.74) is 0.456. The van der Waals surface area contributed by atoms with Gasteiger partial charge in [0.25, 0.3) is 0 Å². The van der Waals surface area contributed by atoms with E-state index in [1.807, 2.05) is 0 Å². The summed E-state index contributed by atoms with van der Waals surface area (Å²) in [6.07, 6.45) is 13.3. The summed E-state index contributed by atoms with van der Waals surface area (Å²) >= 11 is 0. The monoisotopic (exact) mass is 338 g/mol. The van der Waals surface area contributed by atoms with Gasteiger partial charge in [-0.3, -0.25) is 4.79 Å². The molecule has 0 saturated heterocycles. The smallest absolute Gasteiger partial charge is 0.184 e. The molecule has 0 aromatic rings. The molecule has 23 heavy (non-hydrogen) atoms. The standard InChI is InChI=1S/C20H38O2Si/c1-19(2,22-23(3,4)5)12-7-6-9-17-11-14-20(15-17)13-8-10-18(21)16-20/h17H,6-16H2,1-5H3. The van der Waals surface area contributed by atoms with Crippen LogP contribution in [0.2, 0.25) is 19.6 Å². The normalized spacial score (nSPS) is 29.4. The molecule has 134 valence electrons. The maximum atomic E-state index is 11.8. The van der Waals surface area contributed by atoms with Crippen molar-refractivity contribution in [2.24, 2.45) is 11.3 Å². The van der Waals surface area contributed by atoms with Crippen molar-refractivity contribution in [3.63, 3.8) is 0 Å². The van der Waals surface area contributed by atoms with E-state index >= 15 is 0 Å². The van der Waals surface area contributed by atoms with Crippen molar-refractivity contribution < 1.29 is 9.22 Å². The number of Topliss-reactive ketones (excluding diaryl/α,β-unsaturated/α-hetero) is 1. The molecule has 2 fully saturated rings. The van der Waals surface area contributed by atoms with E-state index in [0.29, 0.717) is 11.2 Å². The third-order valence-electron chi connectivity index (χ3n) is 5.76. The molecule has 3 heteroatoms. The van der Waals surface area contributed by atoms with Crippen molar-refractivity contribution in [3.05, 3.63) is 0 Å². The molecule has 0 heterocycles. The first-order valence-corrected chi connectivity index (χ1v) is 13.2. The maximum Gasteiger partial charge on any atom is 0.184 e. The summed E-state index contributed by atoms with van der Waals surface area (Å²) in [7, 11) is -1.44. The summed E-state index contributed by atoms with van der Waals surface area (Å²) in [4.78, 5) is 11.8. The molecule has 2 unspecified atom stereocenters. The molecule has 2 nitrogen and oxygen atoms in total. The number of hydrogen-bond donors (Lipinski definition) is 0. The molecule has 0 aliphatic heterocycles. The zero-order valence-corrected chi connectivity index (χ0v) is 17.2. The number of unbranched alkanes of at least 4 members (excludes halogenated alkanes) is 1. The molecule has 2 saturated carbocycles. The predicted molar refractivity (Wildman–Crippen MR) is 100 cm³/mol. The van der Waals surface area contributed by atoms with Gasteiger partial charge in [-0.25, -0.2) is 0 Å². The molecular formula is C20H38O2Si. The third-order valence-corrected chi connectivity index (χ3v) is 6.93. The minimum Gasteiger partial charge on any atom is -0.413 e. The maximum absolute atomic E-state index is 11.8. The predicted octanol–water partition coefficient (Wildman–Crippen LogP) is 6.11. The third kappa shape index (κ3) is 6.34. The van der Waals surface area contributed by atoms with Gasteiger partial charge in [-0.05, 0) is 83.3 Å². The summed E-state index contributed by atoms with van der Waals surface area (Å²) < 4.78 is 6.30. The Bertz CT molecular complexity index is 410. The van der Waals surface area contributed by atoms with Crippen molar-refractivity contribution in [1.82, 2.24) is 0 Å². The Morgan fingerprint density at radius 2 is 1.96 bits per heavy atom. The van der Waals surface area contributed by atoms with Crippen molar-refractivity contribution in [2.75, 3.05) is 0 Å². The molecule has 1 spiro atoms. The van der Waals surface area contributed by atoms with Gasteiger partial charge in [-0.2, -0.15) is 0 Å². The van der Waals surface area contributed by atoms with Gasteiger partial charge < -0.3 is 4.43 Å². The highest BCUT2D eigenvalue weighted by atomic mass is 28.4. The van der Waals surface area contributed by atoms with Crippen LogP contribution in [0.5, 0.6) is 0 Å². The van der Waals surface area contributed by atoms with Gasteiger partial charge in [0, 0.05) is 12.8 Å². The Balaban J connectivity index is 1.67. The van der Waals surface area contributed by atoms with Gasteiger partial charge in [0.15, 0.2) is 8.32 Å². The van der Waals surface area contributed by atoms with Crippen molar-refractivity contribution >= 4 is 14.1 Å². The van der Waals surface area contributed by atoms with Crippen LogP contribution < -0.4 is 0 Å². The van der Waals surface area contributed by atoms with Crippen LogP contribution in [0.4, 0.5) is 0 Å². The van der Waals surface area contributed by atoms with Crippen LogP contribution in [0, 0.1) is 11.3 Å². The van der Waals surface area contributed by atoms with Crippen molar-refractivity contribution in [1.29, 1.82) is 0 Å².